The molecule has 2 heteroatoms. The highest BCUT2D eigenvalue weighted by molar-refractivity contribution is 14.2. The van der Waals surface area contributed by atoms with E-state index in [1.54, 1.807) is 0 Å². The molecule has 1 fully saturated rings. The second kappa shape index (κ2) is 2.40. The molecular formula is C4H9IS. The average Bonchev–Trinajstić information content (AvgIpc) is 1.86. The number of hydrogen-bond donors (Lipinski definition) is 1. The van der Waals surface area contributed by atoms with E-state index in [1.165, 1.54) is 24.3 Å². The first kappa shape index (κ1) is 5.22. The molecule has 1 aliphatic heterocycles. The third-order valence-corrected chi connectivity index (χ3v) is 5.55. The van der Waals surface area contributed by atoms with Gasteiger partial charge in [-0.05, 0) is 45.6 Å². The van der Waals surface area contributed by atoms with Crippen molar-refractivity contribution < 1.29 is 0 Å². The topological polar surface area (TPSA) is 0 Å². The van der Waals surface area contributed by atoms with Crippen molar-refractivity contribution in [3.8, 4) is 0 Å². The van der Waals surface area contributed by atoms with Crippen LogP contribution in [0.5, 0.6) is 0 Å². The third-order valence-electron chi connectivity index (χ3n) is 1.05. The van der Waals surface area contributed by atoms with Crippen LogP contribution >= 0.6 is 29.3 Å². The lowest BCUT2D eigenvalue weighted by atomic mass is 10.4. The normalized spacial score (nSPS) is 28.5. The van der Waals surface area contributed by atoms with Crippen LogP contribution in [0.2, 0.25) is 0 Å². The highest BCUT2D eigenvalue weighted by Gasteiger charge is 2.04. The Bertz CT molecular complexity index is 40.8. The van der Waals surface area contributed by atoms with Crippen LogP contribution < -0.4 is 0 Å². The molecule has 0 bridgehead atoms. The van der Waals surface area contributed by atoms with Gasteiger partial charge in [0.05, 0.1) is 0 Å². The summed E-state index contributed by atoms with van der Waals surface area (Å²) in [6.07, 6.45) is 3.02. The molecule has 1 heterocycles. The van der Waals surface area contributed by atoms with E-state index in [1.807, 2.05) is 0 Å². The molecule has 0 aromatic heterocycles. The monoisotopic (exact) mass is 216 g/mol. The Labute approximate surface area is 53.6 Å². The van der Waals surface area contributed by atoms with Crippen LogP contribution in [0.15, 0.2) is 0 Å². The van der Waals surface area contributed by atoms with Crippen molar-refractivity contribution in [3.63, 3.8) is 0 Å². The molecule has 38 valence electrons. The molecule has 0 aromatic rings. The van der Waals surface area contributed by atoms with Gasteiger partial charge in [-0.1, -0.05) is 0 Å². The standard InChI is InChI=1S/C4H9IS/c5-6-3-1-2-4-6/h6H,1-4H2. The maximum atomic E-state index is 2.60. The molecule has 0 atom stereocenters. The maximum Gasteiger partial charge on any atom is -0.0169 e. The van der Waals surface area contributed by atoms with Gasteiger partial charge in [-0.15, -0.1) is 0 Å². The second-order valence-corrected chi connectivity index (χ2v) is 7.53. The highest BCUT2D eigenvalue weighted by atomic mass is 127. The van der Waals surface area contributed by atoms with Gasteiger partial charge in [0.25, 0.3) is 0 Å². The zero-order chi connectivity index (χ0) is 4.41. The van der Waals surface area contributed by atoms with Crippen molar-refractivity contribution in [1.82, 2.24) is 0 Å². The molecule has 0 N–H and O–H groups in total. The molecule has 1 aliphatic rings. The van der Waals surface area contributed by atoms with E-state index in [0.29, 0.717) is 8.07 Å². The fourth-order valence-electron chi connectivity index (χ4n) is 0.679. The van der Waals surface area contributed by atoms with Crippen molar-refractivity contribution in [3.05, 3.63) is 0 Å². The second-order valence-electron chi connectivity index (χ2n) is 1.62. The van der Waals surface area contributed by atoms with E-state index >= 15 is 0 Å². The number of rotatable bonds is 0. The van der Waals surface area contributed by atoms with Crippen molar-refractivity contribution in [2.75, 3.05) is 11.5 Å². The van der Waals surface area contributed by atoms with E-state index in [0.717, 1.165) is 0 Å². The molecule has 0 spiro atoms. The maximum absolute atomic E-state index is 2.60. The Morgan fingerprint density at radius 3 is 1.83 bits per heavy atom. The molecule has 0 saturated carbocycles. The first-order valence-electron chi connectivity index (χ1n) is 2.30. The summed E-state index contributed by atoms with van der Waals surface area (Å²) in [7, 11) is 0.505. The van der Waals surface area contributed by atoms with Gasteiger partial charge in [-0.3, -0.25) is 0 Å². The molecular weight excluding hydrogens is 207 g/mol. The zero-order valence-corrected chi connectivity index (χ0v) is 6.71. The molecule has 1 saturated heterocycles. The summed E-state index contributed by atoms with van der Waals surface area (Å²) in [6.45, 7) is 0. The van der Waals surface area contributed by atoms with Gasteiger partial charge in [0.1, 0.15) is 0 Å². The molecule has 0 unspecified atom stereocenters. The summed E-state index contributed by atoms with van der Waals surface area (Å²) in [5, 5.41) is 0. The summed E-state index contributed by atoms with van der Waals surface area (Å²) in [5.74, 6) is 3.08. The quantitative estimate of drug-likeness (QED) is 0.465. The smallest absolute Gasteiger partial charge is 0.0169 e. The van der Waals surface area contributed by atoms with E-state index in [4.69, 9.17) is 0 Å². The Balaban J connectivity index is 2.18. The highest BCUT2D eigenvalue weighted by Crippen LogP contribution is 2.41. The molecule has 0 aliphatic carbocycles. The van der Waals surface area contributed by atoms with Crippen molar-refractivity contribution >= 4 is 29.3 Å². The molecule has 0 aromatic carbocycles. The van der Waals surface area contributed by atoms with E-state index in [-0.39, 0.29) is 0 Å². The lowest BCUT2D eigenvalue weighted by molar-refractivity contribution is 0.949. The van der Waals surface area contributed by atoms with Crippen molar-refractivity contribution in [2.24, 2.45) is 0 Å². The average molecular weight is 216 g/mol. The van der Waals surface area contributed by atoms with Crippen molar-refractivity contribution in [2.45, 2.75) is 12.8 Å². The lowest BCUT2D eigenvalue weighted by Gasteiger charge is -1.96. The zero-order valence-electron chi connectivity index (χ0n) is 3.65. The van der Waals surface area contributed by atoms with Gasteiger partial charge >= 0.3 is 0 Å². The summed E-state index contributed by atoms with van der Waals surface area (Å²) in [6, 6.07) is 0. The Morgan fingerprint density at radius 1 is 1.17 bits per heavy atom. The predicted molar refractivity (Wildman–Crippen MR) is 42.0 cm³/mol. The fraction of sp³-hybridized carbons (Fsp3) is 1.00. The van der Waals surface area contributed by atoms with Crippen LogP contribution in [0, 0.1) is 0 Å². The largest absolute Gasteiger partial charge is 0.199 e. The van der Waals surface area contributed by atoms with Gasteiger partial charge in [-0.2, -0.15) is 8.07 Å². The Hall–Kier alpha value is 1.08. The summed E-state index contributed by atoms with van der Waals surface area (Å²) in [4.78, 5) is 0. The summed E-state index contributed by atoms with van der Waals surface area (Å²) < 4.78 is 0. The van der Waals surface area contributed by atoms with Crippen LogP contribution in [0.1, 0.15) is 12.8 Å². The minimum absolute atomic E-state index is 0.505. The van der Waals surface area contributed by atoms with Crippen LogP contribution in [-0.4, -0.2) is 11.5 Å². The minimum Gasteiger partial charge on any atom is -0.199 e. The number of thiol groups is 1. The Kier molecular flexibility index (Phi) is 2.09. The van der Waals surface area contributed by atoms with Gasteiger partial charge in [-0.25, -0.2) is 0 Å². The first-order chi connectivity index (χ1) is 2.89. The summed E-state index contributed by atoms with van der Waals surface area (Å²) in [5.41, 5.74) is 0. The van der Waals surface area contributed by atoms with Gasteiger partial charge in [0, 0.05) is 0 Å². The SMILES string of the molecule is I[SH]1CCCC1. The van der Waals surface area contributed by atoms with Crippen LogP contribution in [0.3, 0.4) is 0 Å². The van der Waals surface area contributed by atoms with Crippen molar-refractivity contribution in [1.29, 1.82) is 0 Å². The molecule has 0 radical (unpaired) electrons. The van der Waals surface area contributed by atoms with E-state index in [9.17, 15) is 0 Å². The number of halogens is 1. The van der Waals surface area contributed by atoms with Gasteiger partial charge in [0.15, 0.2) is 0 Å². The fourth-order valence-corrected chi connectivity index (χ4v) is 4.08. The predicted octanol–water partition coefficient (Wildman–Crippen LogP) is 2.13. The molecule has 0 nitrogen and oxygen atoms in total. The van der Waals surface area contributed by atoms with Gasteiger partial charge in [0.2, 0.25) is 0 Å². The van der Waals surface area contributed by atoms with Crippen LogP contribution in [-0.2, 0) is 0 Å². The lowest BCUT2D eigenvalue weighted by Crippen LogP contribution is -1.63. The molecule has 1 rings (SSSR count). The van der Waals surface area contributed by atoms with Crippen LogP contribution in [0.4, 0.5) is 0 Å². The third kappa shape index (κ3) is 1.30. The minimum atomic E-state index is 0.505. The van der Waals surface area contributed by atoms with Crippen LogP contribution in [0.25, 0.3) is 0 Å². The summed E-state index contributed by atoms with van der Waals surface area (Å²) >= 11 is 2.60. The van der Waals surface area contributed by atoms with E-state index in [2.05, 4.69) is 21.2 Å². The van der Waals surface area contributed by atoms with E-state index < -0.39 is 0 Å². The first-order valence-corrected chi connectivity index (χ1v) is 6.80. The Morgan fingerprint density at radius 2 is 1.67 bits per heavy atom. The molecule has 0 amide bonds. The molecule has 6 heavy (non-hydrogen) atoms. The number of hydrogen-bond acceptors (Lipinski definition) is 0. The van der Waals surface area contributed by atoms with Gasteiger partial charge < -0.3 is 0 Å².